The molecule has 36 heavy (non-hydrogen) atoms. The Hall–Kier alpha value is -2.53. The second-order valence-corrected chi connectivity index (χ2v) is 10.6. The molecular formula is C24H33N6O5P. The number of ether oxygens (including phenoxy) is 1. The molecule has 4 rings (SSSR count). The number of hydrogen-bond donors (Lipinski definition) is 2. The molecule has 0 aliphatic carbocycles. The van der Waals surface area contributed by atoms with Gasteiger partial charge in [0.1, 0.15) is 18.7 Å². The first kappa shape index (κ1) is 26.5. The van der Waals surface area contributed by atoms with Gasteiger partial charge in [0.2, 0.25) is 0 Å². The van der Waals surface area contributed by atoms with Crippen LogP contribution in [-0.2, 0) is 13.8 Å². The number of carbonyl (C=O) groups is 1. The Labute approximate surface area is 211 Å². The van der Waals surface area contributed by atoms with Crippen LogP contribution in [0.5, 0.6) is 0 Å². The third-order valence-electron chi connectivity index (χ3n) is 5.93. The second kappa shape index (κ2) is 11.7. The van der Waals surface area contributed by atoms with Crippen LogP contribution < -0.4 is 5.32 Å². The molecule has 4 atom stereocenters. The molecule has 12 heteroatoms. The van der Waals surface area contributed by atoms with Crippen molar-refractivity contribution in [1.29, 1.82) is 0 Å². The summed E-state index contributed by atoms with van der Waals surface area (Å²) in [6.45, 7) is 8.19. The molecule has 3 heterocycles. The van der Waals surface area contributed by atoms with Gasteiger partial charge in [-0.05, 0) is 39.8 Å². The Bertz CT molecular complexity index is 1150. The Morgan fingerprint density at radius 1 is 1.22 bits per heavy atom. The molecule has 2 aromatic heterocycles. The summed E-state index contributed by atoms with van der Waals surface area (Å²) in [5, 5.41) is 12.8. The van der Waals surface area contributed by atoms with Gasteiger partial charge in [-0.2, -0.15) is 0 Å². The van der Waals surface area contributed by atoms with Gasteiger partial charge in [0.15, 0.2) is 17.0 Å². The molecule has 1 fully saturated rings. The predicted molar refractivity (Wildman–Crippen MR) is 136 cm³/mol. The minimum Gasteiger partial charge on any atom is -0.394 e. The fourth-order valence-electron chi connectivity index (χ4n) is 4.35. The van der Waals surface area contributed by atoms with Crippen LogP contribution >= 0.6 is 8.53 Å². The summed E-state index contributed by atoms with van der Waals surface area (Å²) in [6, 6.07) is 9.33. The third kappa shape index (κ3) is 5.56. The lowest BCUT2D eigenvalue weighted by molar-refractivity contribution is -0.0408. The van der Waals surface area contributed by atoms with Crippen LogP contribution in [0.3, 0.4) is 0 Å². The van der Waals surface area contributed by atoms with Crippen LogP contribution in [0.1, 0.15) is 50.7 Å². The Kier molecular flexibility index (Phi) is 8.61. The highest BCUT2D eigenvalue weighted by Crippen LogP contribution is 2.49. The van der Waals surface area contributed by atoms with Crippen LogP contribution in [-0.4, -0.2) is 73.2 Å². The van der Waals surface area contributed by atoms with Gasteiger partial charge < -0.3 is 24.2 Å². The molecule has 1 amide bonds. The molecule has 0 saturated carbocycles. The highest BCUT2D eigenvalue weighted by atomic mass is 31.2. The first-order chi connectivity index (χ1) is 17.3. The average Bonchev–Trinajstić information content (AvgIpc) is 3.48. The Balaban J connectivity index is 1.54. The molecule has 11 nitrogen and oxygen atoms in total. The molecule has 1 aliphatic rings. The topological polar surface area (TPSA) is 124 Å². The van der Waals surface area contributed by atoms with E-state index in [4.69, 9.17) is 13.8 Å². The molecule has 0 radical (unpaired) electrons. The minimum absolute atomic E-state index is 0.197. The normalized spacial score (nSPS) is 21.1. The molecule has 1 saturated heterocycles. The summed E-state index contributed by atoms with van der Waals surface area (Å²) >= 11 is 0. The number of benzene rings is 1. The summed E-state index contributed by atoms with van der Waals surface area (Å²) < 4.78 is 22.2. The van der Waals surface area contributed by atoms with Gasteiger partial charge in [-0.15, -0.1) is 0 Å². The lowest BCUT2D eigenvalue weighted by Gasteiger charge is -2.36. The van der Waals surface area contributed by atoms with Gasteiger partial charge in [-0.3, -0.25) is 9.36 Å². The number of nitrogens with zero attached hydrogens (tertiary/aromatic N) is 5. The van der Waals surface area contributed by atoms with Crippen LogP contribution in [0.25, 0.3) is 11.2 Å². The van der Waals surface area contributed by atoms with Crippen molar-refractivity contribution in [2.24, 2.45) is 0 Å². The molecule has 194 valence electrons. The van der Waals surface area contributed by atoms with Gasteiger partial charge in [-0.25, -0.2) is 19.6 Å². The first-order valence-electron chi connectivity index (χ1n) is 11.9. The van der Waals surface area contributed by atoms with Crippen molar-refractivity contribution in [2.45, 2.75) is 64.6 Å². The number of aliphatic hydroxyl groups is 1. The highest BCUT2D eigenvalue weighted by Gasteiger charge is 2.41. The number of hydrogen-bond acceptors (Lipinski definition) is 9. The SMILES string of the molecule is COP(OC1C[C@H](n2cnc3c(NC(=O)c4ccccc4)ncnc32)O[C@@H]1CO)N(C(C)C)C(C)C. The lowest BCUT2D eigenvalue weighted by Crippen LogP contribution is -2.36. The van der Waals surface area contributed by atoms with E-state index in [1.54, 1.807) is 42.3 Å². The van der Waals surface area contributed by atoms with E-state index in [0.717, 1.165) is 0 Å². The van der Waals surface area contributed by atoms with E-state index in [2.05, 4.69) is 52.6 Å². The largest absolute Gasteiger partial charge is 0.394 e. The van der Waals surface area contributed by atoms with Crippen molar-refractivity contribution in [1.82, 2.24) is 24.2 Å². The maximum Gasteiger partial charge on any atom is 0.259 e. The summed E-state index contributed by atoms with van der Waals surface area (Å²) in [4.78, 5) is 25.7. The smallest absolute Gasteiger partial charge is 0.259 e. The van der Waals surface area contributed by atoms with Crippen molar-refractivity contribution in [3.05, 3.63) is 48.5 Å². The second-order valence-electron chi connectivity index (χ2n) is 9.05. The summed E-state index contributed by atoms with van der Waals surface area (Å²) in [7, 11) is 0.287. The van der Waals surface area contributed by atoms with Gasteiger partial charge >= 0.3 is 0 Å². The summed E-state index contributed by atoms with van der Waals surface area (Å²) in [5.74, 6) is 0.0216. The van der Waals surface area contributed by atoms with Gasteiger partial charge in [-0.1, -0.05) is 18.2 Å². The molecule has 1 aliphatic heterocycles. The number of fused-ring (bicyclic) bond motifs is 1. The van der Waals surface area contributed by atoms with Crippen LogP contribution in [0.15, 0.2) is 43.0 Å². The van der Waals surface area contributed by atoms with Gasteiger partial charge in [0, 0.05) is 31.2 Å². The van der Waals surface area contributed by atoms with Crippen molar-refractivity contribution >= 4 is 31.4 Å². The number of aromatic nitrogens is 4. The number of imidazole rings is 1. The maximum atomic E-state index is 12.6. The number of aliphatic hydroxyl groups excluding tert-OH is 1. The number of carbonyl (C=O) groups excluding carboxylic acids is 1. The first-order valence-corrected chi connectivity index (χ1v) is 13.1. The van der Waals surface area contributed by atoms with E-state index in [0.29, 0.717) is 29.0 Å². The fraction of sp³-hybridized carbons (Fsp3) is 0.500. The molecule has 0 spiro atoms. The number of anilines is 1. The molecule has 3 aromatic rings. The van der Waals surface area contributed by atoms with E-state index < -0.39 is 20.9 Å². The molecule has 0 bridgehead atoms. The number of nitrogens with one attached hydrogen (secondary N) is 1. The Morgan fingerprint density at radius 3 is 2.58 bits per heavy atom. The van der Waals surface area contributed by atoms with Gasteiger partial charge in [0.05, 0.1) is 19.0 Å². The lowest BCUT2D eigenvalue weighted by atomic mass is 10.2. The molecular weight excluding hydrogens is 483 g/mol. The summed E-state index contributed by atoms with van der Waals surface area (Å²) in [6.07, 6.45) is 2.06. The van der Waals surface area contributed by atoms with Crippen LogP contribution in [0, 0.1) is 0 Å². The molecule has 1 aromatic carbocycles. The number of rotatable bonds is 10. The third-order valence-corrected chi connectivity index (χ3v) is 7.99. The quantitative estimate of drug-likeness (QED) is 0.388. The van der Waals surface area contributed by atoms with Crippen LogP contribution in [0.4, 0.5) is 5.82 Å². The van der Waals surface area contributed by atoms with E-state index in [1.807, 2.05) is 6.07 Å². The zero-order valence-electron chi connectivity index (χ0n) is 21.1. The monoisotopic (exact) mass is 516 g/mol. The van der Waals surface area contributed by atoms with Crippen molar-refractivity contribution in [2.75, 3.05) is 19.0 Å². The van der Waals surface area contributed by atoms with E-state index >= 15 is 0 Å². The van der Waals surface area contributed by atoms with E-state index in [-0.39, 0.29) is 30.7 Å². The van der Waals surface area contributed by atoms with Gasteiger partial charge in [0.25, 0.3) is 14.4 Å². The zero-order chi connectivity index (χ0) is 25.8. The Morgan fingerprint density at radius 2 is 1.94 bits per heavy atom. The summed E-state index contributed by atoms with van der Waals surface area (Å²) in [5.41, 5.74) is 1.47. The van der Waals surface area contributed by atoms with E-state index in [9.17, 15) is 9.90 Å². The van der Waals surface area contributed by atoms with E-state index in [1.165, 1.54) is 6.33 Å². The predicted octanol–water partition coefficient (Wildman–Crippen LogP) is 3.74. The minimum atomic E-state index is -1.35. The average molecular weight is 517 g/mol. The van der Waals surface area contributed by atoms with Crippen molar-refractivity contribution in [3.63, 3.8) is 0 Å². The zero-order valence-corrected chi connectivity index (χ0v) is 22.0. The molecule has 2 N–H and O–H groups in total. The fourth-order valence-corrected chi connectivity index (χ4v) is 5.94. The van der Waals surface area contributed by atoms with Crippen molar-refractivity contribution in [3.8, 4) is 0 Å². The molecule has 2 unspecified atom stereocenters. The highest BCUT2D eigenvalue weighted by molar-refractivity contribution is 7.44. The van der Waals surface area contributed by atoms with Crippen LogP contribution in [0.2, 0.25) is 0 Å². The van der Waals surface area contributed by atoms with Crippen molar-refractivity contribution < 1.29 is 23.7 Å². The number of amides is 1. The maximum absolute atomic E-state index is 12.6. The standard InChI is InChI=1S/C24H33N6O5P/c1-15(2)30(16(3)4)36(33-5)35-18-11-20(34-19(18)12-31)29-14-27-21-22(25-13-26-23(21)29)28-24(32)17-9-7-6-8-10-17/h6-10,13-16,18-20,31H,11-12H2,1-5H3,(H,25,26,28,32)/t18?,19-,20-,36?/m1/s1.